The summed E-state index contributed by atoms with van der Waals surface area (Å²) in [5.74, 6) is 1.43. The van der Waals surface area contributed by atoms with Crippen LogP contribution in [0.2, 0.25) is 0 Å². The molecule has 0 saturated carbocycles. The fraction of sp³-hybridized carbons (Fsp3) is 0. The van der Waals surface area contributed by atoms with Gasteiger partial charge in [0.2, 0.25) is 0 Å². The summed E-state index contributed by atoms with van der Waals surface area (Å²) in [7, 11) is 0. The van der Waals surface area contributed by atoms with Gasteiger partial charge in [-0.25, -0.2) is 0 Å². The Balaban J connectivity index is 2.09. The molecule has 0 saturated heterocycles. The van der Waals surface area contributed by atoms with E-state index in [1.54, 1.807) is 6.20 Å². The van der Waals surface area contributed by atoms with Gasteiger partial charge in [-0.15, -0.1) is 0 Å². The minimum atomic E-state index is 0.539. The number of aromatic nitrogens is 1. The maximum absolute atomic E-state index is 5.98. The molecule has 0 aliphatic heterocycles. The van der Waals surface area contributed by atoms with E-state index in [4.69, 9.17) is 10.5 Å². The van der Waals surface area contributed by atoms with Crippen LogP contribution in [0.15, 0.2) is 54.7 Å². The lowest BCUT2D eigenvalue weighted by Crippen LogP contribution is -1.95. The molecule has 2 aromatic carbocycles. The van der Waals surface area contributed by atoms with Gasteiger partial charge in [0, 0.05) is 8.96 Å². The quantitative estimate of drug-likeness (QED) is 0.695. The molecule has 4 heteroatoms. The third kappa shape index (κ3) is 2.49. The Morgan fingerprint density at radius 3 is 2.53 bits per heavy atom. The van der Waals surface area contributed by atoms with Crippen LogP contribution in [0.5, 0.6) is 11.5 Å². The normalized spacial score (nSPS) is 10.6. The zero-order valence-corrected chi connectivity index (χ0v) is 12.2. The first-order valence-corrected chi connectivity index (χ1v) is 6.88. The molecule has 1 heterocycles. The molecule has 0 bridgehead atoms. The van der Waals surface area contributed by atoms with E-state index in [0.29, 0.717) is 11.4 Å². The summed E-state index contributed by atoms with van der Waals surface area (Å²) in [5.41, 5.74) is 7.39. The highest BCUT2D eigenvalue weighted by Gasteiger charge is 2.08. The van der Waals surface area contributed by atoms with E-state index in [-0.39, 0.29) is 0 Å². The molecule has 3 rings (SSSR count). The summed E-state index contributed by atoms with van der Waals surface area (Å²) in [6, 6.07) is 15.6. The molecule has 0 fully saturated rings. The van der Waals surface area contributed by atoms with Crippen LogP contribution >= 0.6 is 22.6 Å². The summed E-state index contributed by atoms with van der Waals surface area (Å²) in [5, 5.41) is 0.918. The van der Waals surface area contributed by atoms with Crippen LogP contribution in [-0.4, -0.2) is 4.98 Å². The lowest BCUT2D eigenvalue weighted by Gasteiger charge is -2.11. The zero-order valence-electron chi connectivity index (χ0n) is 10.0. The van der Waals surface area contributed by atoms with Gasteiger partial charge in [0.15, 0.2) is 5.75 Å². The molecule has 0 aliphatic carbocycles. The van der Waals surface area contributed by atoms with Crippen molar-refractivity contribution >= 4 is 39.2 Å². The second kappa shape index (κ2) is 5.05. The van der Waals surface area contributed by atoms with Gasteiger partial charge < -0.3 is 10.5 Å². The van der Waals surface area contributed by atoms with Crippen LogP contribution in [0, 0.1) is 3.57 Å². The Labute approximate surface area is 124 Å². The second-order valence-corrected chi connectivity index (χ2v) is 5.36. The first-order valence-electron chi connectivity index (χ1n) is 5.81. The molecule has 0 aliphatic rings. The van der Waals surface area contributed by atoms with Crippen molar-refractivity contribution in [3.63, 3.8) is 0 Å². The van der Waals surface area contributed by atoms with Crippen molar-refractivity contribution in [1.29, 1.82) is 0 Å². The molecule has 3 nitrogen and oxygen atoms in total. The molecule has 2 N–H and O–H groups in total. The van der Waals surface area contributed by atoms with Crippen molar-refractivity contribution in [2.45, 2.75) is 0 Å². The average Bonchev–Trinajstić information content (AvgIpc) is 2.44. The van der Waals surface area contributed by atoms with Crippen molar-refractivity contribution in [3.05, 3.63) is 58.3 Å². The largest absolute Gasteiger partial charge is 0.454 e. The monoisotopic (exact) mass is 362 g/mol. The number of benzene rings is 2. The van der Waals surface area contributed by atoms with Crippen molar-refractivity contribution in [3.8, 4) is 11.5 Å². The maximum Gasteiger partial charge on any atom is 0.161 e. The Kier molecular flexibility index (Phi) is 3.25. The second-order valence-electron chi connectivity index (χ2n) is 4.12. The molecule has 1 aromatic heterocycles. The Bertz CT molecular complexity index is 726. The standard InChI is InChI=1S/C15H11IN2O/c16-10-5-7-11(8-6-10)19-15-12-3-1-2-4-14(12)18-9-13(15)17/h1-9H,17H2. The number of hydrogen-bond acceptors (Lipinski definition) is 3. The topological polar surface area (TPSA) is 48.1 Å². The van der Waals surface area contributed by atoms with E-state index in [1.165, 1.54) is 0 Å². The molecule has 0 amide bonds. The molecule has 3 aromatic rings. The van der Waals surface area contributed by atoms with E-state index in [1.807, 2.05) is 48.5 Å². The van der Waals surface area contributed by atoms with Crippen LogP contribution in [0.1, 0.15) is 0 Å². The van der Waals surface area contributed by atoms with Crippen molar-refractivity contribution < 1.29 is 4.74 Å². The lowest BCUT2D eigenvalue weighted by molar-refractivity contribution is 0.490. The predicted octanol–water partition coefficient (Wildman–Crippen LogP) is 4.21. The van der Waals surface area contributed by atoms with Gasteiger partial charge in [0.25, 0.3) is 0 Å². The highest BCUT2D eigenvalue weighted by Crippen LogP contribution is 2.34. The van der Waals surface area contributed by atoms with Crippen molar-refractivity contribution in [1.82, 2.24) is 4.98 Å². The number of halogens is 1. The van der Waals surface area contributed by atoms with Gasteiger partial charge >= 0.3 is 0 Å². The summed E-state index contributed by atoms with van der Waals surface area (Å²) < 4.78 is 7.07. The number of para-hydroxylation sites is 1. The Morgan fingerprint density at radius 2 is 1.74 bits per heavy atom. The number of nitrogen functional groups attached to an aromatic ring is 1. The van der Waals surface area contributed by atoms with E-state index < -0.39 is 0 Å². The number of anilines is 1. The third-order valence-electron chi connectivity index (χ3n) is 2.79. The molecule has 19 heavy (non-hydrogen) atoms. The molecule has 0 spiro atoms. The average molecular weight is 362 g/mol. The minimum absolute atomic E-state index is 0.539. The number of ether oxygens (including phenoxy) is 1. The number of nitrogens with two attached hydrogens (primary N) is 1. The predicted molar refractivity (Wildman–Crippen MR) is 85.4 cm³/mol. The number of nitrogens with zero attached hydrogens (tertiary/aromatic N) is 1. The van der Waals surface area contributed by atoms with Gasteiger partial charge in [-0.2, -0.15) is 0 Å². The van der Waals surface area contributed by atoms with Crippen molar-refractivity contribution in [2.24, 2.45) is 0 Å². The van der Waals surface area contributed by atoms with Gasteiger partial charge in [-0.05, 0) is 59.0 Å². The smallest absolute Gasteiger partial charge is 0.161 e. The number of hydrogen-bond donors (Lipinski definition) is 1. The van der Waals surface area contributed by atoms with Crippen LogP contribution < -0.4 is 10.5 Å². The molecule has 0 atom stereocenters. The number of fused-ring (bicyclic) bond motifs is 1. The number of pyridine rings is 1. The fourth-order valence-corrected chi connectivity index (χ4v) is 2.23. The summed E-state index contributed by atoms with van der Waals surface area (Å²) in [6.45, 7) is 0. The highest BCUT2D eigenvalue weighted by molar-refractivity contribution is 14.1. The van der Waals surface area contributed by atoms with E-state index in [9.17, 15) is 0 Å². The van der Waals surface area contributed by atoms with Gasteiger partial charge in [-0.3, -0.25) is 4.98 Å². The molecular weight excluding hydrogens is 351 g/mol. The van der Waals surface area contributed by atoms with E-state index >= 15 is 0 Å². The fourth-order valence-electron chi connectivity index (χ4n) is 1.87. The third-order valence-corrected chi connectivity index (χ3v) is 3.51. The first kappa shape index (κ1) is 12.2. The highest BCUT2D eigenvalue weighted by atomic mass is 127. The van der Waals surface area contributed by atoms with E-state index in [2.05, 4.69) is 27.6 Å². The van der Waals surface area contributed by atoms with E-state index in [0.717, 1.165) is 20.2 Å². The summed E-state index contributed by atoms with van der Waals surface area (Å²) in [6.07, 6.45) is 1.63. The lowest BCUT2D eigenvalue weighted by atomic mass is 10.2. The van der Waals surface area contributed by atoms with Crippen molar-refractivity contribution in [2.75, 3.05) is 5.73 Å². The van der Waals surface area contributed by atoms with Crippen LogP contribution in [0.25, 0.3) is 10.9 Å². The molecular formula is C15H11IN2O. The summed E-state index contributed by atoms with van der Waals surface area (Å²) in [4.78, 5) is 4.29. The maximum atomic E-state index is 5.98. The van der Waals surface area contributed by atoms with Crippen LogP contribution in [0.3, 0.4) is 0 Å². The summed E-state index contributed by atoms with van der Waals surface area (Å²) >= 11 is 2.26. The zero-order chi connectivity index (χ0) is 13.2. The van der Waals surface area contributed by atoms with Gasteiger partial charge in [-0.1, -0.05) is 12.1 Å². The minimum Gasteiger partial charge on any atom is -0.454 e. The molecule has 0 radical (unpaired) electrons. The van der Waals surface area contributed by atoms with Crippen LogP contribution in [-0.2, 0) is 0 Å². The molecule has 94 valence electrons. The first-order chi connectivity index (χ1) is 9.24. The SMILES string of the molecule is Nc1cnc2ccccc2c1Oc1ccc(I)cc1. The number of rotatable bonds is 2. The van der Waals surface area contributed by atoms with Gasteiger partial charge in [0.1, 0.15) is 5.75 Å². The molecule has 0 unspecified atom stereocenters. The van der Waals surface area contributed by atoms with Gasteiger partial charge in [0.05, 0.1) is 17.4 Å². The Hall–Kier alpha value is -1.82. The Morgan fingerprint density at radius 1 is 1.00 bits per heavy atom. The van der Waals surface area contributed by atoms with Crippen LogP contribution in [0.4, 0.5) is 5.69 Å².